The molecule has 0 aliphatic carbocycles. The maximum Gasteiger partial charge on any atom is 0.262 e. The van der Waals surface area contributed by atoms with Crippen LogP contribution >= 0.6 is 11.3 Å². The van der Waals surface area contributed by atoms with Crippen molar-refractivity contribution in [1.82, 2.24) is 14.9 Å². The number of halogens is 1. The molecular weight excluding hydrogens is 313 g/mol. The molecule has 0 radical (unpaired) electrons. The third kappa shape index (κ3) is 3.03. The fourth-order valence-corrected chi connectivity index (χ4v) is 3.28. The quantitative estimate of drug-likeness (QED) is 0.797. The third-order valence-corrected chi connectivity index (χ3v) is 4.69. The van der Waals surface area contributed by atoms with E-state index in [0.29, 0.717) is 16.3 Å². The van der Waals surface area contributed by atoms with Gasteiger partial charge in [0.05, 0.1) is 4.88 Å². The van der Waals surface area contributed by atoms with E-state index in [0.717, 1.165) is 5.56 Å². The normalized spacial score (nSPS) is 12.1. The van der Waals surface area contributed by atoms with E-state index in [2.05, 4.69) is 10.3 Å². The summed E-state index contributed by atoms with van der Waals surface area (Å²) in [5.41, 5.74) is 1.30. The number of rotatable bonds is 4. The molecule has 1 amide bonds. The van der Waals surface area contributed by atoms with Crippen molar-refractivity contribution in [1.29, 1.82) is 0 Å². The smallest absolute Gasteiger partial charge is 0.262 e. The van der Waals surface area contributed by atoms with Crippen molar-refractivity contribution in [2.45, 2.75) is 13.0 Å². The van der Waals surface area contributed by atoms with Gasteiger partial charge in [-0.05, 0) is 30.0 Å². The second-order valence-electron chi connectivity index (χ2n) is 5.26. The summed E-state index contributed by atoms with van der Waals surface area (Å²) in [4.78, 5) is 17.5. The Kier molecular flexibility index (Phi) is 4.25. The number of imidazole rings is 1. The lowest BCUT2D eigenvalue weighted by Crippen LogP contribution is -2.31. The zero-order valence-corrected chi connectivity index (χ0v) is 13.6. The molecule has 3 rings (SSSR count). The molecule has 0 aliphatic rings. The number of aryl methyl sites for hydroxylation is 2. The summed E-state index contributed by atoms with van der Waals surface area (Å²) in [7, 11) is 1.82. The predicted octanol–water partition coefficient (Wildman–Crippen LogP) is 3.45. The van der Waals surface area contributed by atoms with Gasteiger partial charge in [-0.2, -0.15) is 0 Å². The van der Waals surface area contributed by atoms with E-state index in [1.807, 2.05) is 25.4 Å². The molecular formula is C17H16FN3OS. The lowest BCUT2D eigenvalue weighted by Gasteiger charge is -2.19. The minimum absolute atomic E-state index is 0.228. The van der Waals surface area contributed by atoms with Gasteiger partial charge in [0.1, 0.15) is 17.7 Å². The molecule has 0 aliphatic heterocycles. The van der Waals surface area contributed by atoms with Gasteiger partial charge in [-0.1, -0.05) is 18.2 Å². The first-order chi connectivity index (χ1) is 11.1. The molecule has 4 nitrogen and oxygen atoms in total. The Balaban J connectivity index is 2.00. The van der Waals surface area contributed by atoms with Crippen molar-refractivity contribution in [2.24, 2.45) is 7.05 Å². The zero-order chi connectivity index (χ0) is 16.4. The number of nitrogens with one attached hydrogen (secondary N) is 1. The minimum atomic E-state index is -0.648. The maximum absolute atomic E-state index is 14.2. The molecule has 3 aromatic rings. The van der Waals surface area contributed by atoms with Crippen LogP contribution in [0.25, 0.3) is 0 Å². The molecule has 2 aromatic heterocycles. The van der Waals surface area contributed by atoms with E-state index in [4.69, 9.17) is 0 Å². The fraction of sp³-hybridized carbons (Fsp3) is 0.176. The van der Waals surface area contributed by atoms with Crippen molar-refractivity contribution in [3.8, 4) is 0 Å². The summed E-state index contributed by atoms with van der Waals surface area (Å²) < 4.78 is 16.0. The average Bonchev–Trinajstić information content (AvgIpc) is 3.14. The van der Waals surface area contributed by atoms with E-state index in [9.17, 15) is 9.18 Å². The highest BCUT2D eigenvalue weighted by molar-refractivity contribution is 7.12. The van der Waals surface area contributed by atoms with Gasteiger partial charge in [-0.3, -0.25) is 4.79 Å². The van der Waals surface area contributed by atoms with Crippen molar-refractivity contribution in [3.05, 3.63) is 75.8 Å². The molecule has 2 heterocycles. The van der Waals surface area contributed by atoms with Crippen molar-refractivity contribution in [2.75, 3.05) is 0 Å². The summed E-state index contributed by atoms with van der Waals surface area (Å²) >= 11 is 1.37. The molecule has 0 saturated heterocycles. The highest BCUT2D eigenvalue weighted by atomic mass is 32.1. The highest BCUT2D eigenvalue weighted by Crippen LogP contribution is 2.25. The van der Waals surface area contributed by atoms with Crippen molar-refractivity contribution >= 4 is 17.2 Å². The number of hydrogen-bond donors (Lipinski definition) is 1. The number of carbonyl (C=O) groups excluding carboxylic acids is 1. The Bertz CT molecular complexity index is 840. The first-order valence-electron chi connectivity index (χ1n) is 7.14. The molecule has 0 fully saturated rings. The second kappa shape index (κ2) is 6.34. The van der Waals surface area contributed by atoms with Crippen LogP contribution < -0.4 is 5.32 Å². The summed E-state index contributed by atoms with van der Waals surface area (Å²) in [6, 6.07) is 7.66. The lowest BCUT2D eigenvalue weighted by molar-refractivity contribution is 0.0944. The lowest BCUT2D eigenvalue weighted by atomic mass is 10.0. The van der Waals surface area contributed by atoms with Crippen LogP contribution in [0.2, 0.25) is 0 Å². The SMILES string of the molecule is Cc1ccsc1C(=O)NC(c1ccccc1F)c1nccn1C. The van der Waals surface area contributed by atoms with Crippen LogP contribution in [0.5, 0.6) is 0 Å². The summed E-state index contributed by atoms with van der Waals surface area (Å²) in [5, 5.41) is 4.77. The van der Waals surface area contributed by atoms with E-state index in [1.165, 1.54) is 17.4 Å². The first-order valence-corrected chi connectivity index (χ1v) is 8.02. The Labute approximate surface area is 137 Å². The van der Waals surface area contributed by atoms with E-state index >= 15 is 0 Å². The van der Waals surface area contributed by atoms with Crippen LogP contribution in [0.15, 0.2) is 48.1 Å². The molecule has 23 heavy (non-hydrogen) atoms. The Hall–Kier alpha value is -2.47. The Morgan fingerprint density at radius 3 is 2.74 bits per heavy atom. The molecule has 118 valence electrons. The predicted molar refractivity (Wildman–Crippen MR) is 88.0 cm³/mol. The highest BCUT2D eigenvalue weighted by Gasteiger charge is 2.24. The number of nitrogens with zero attached hydrogens (tertiary/aromatic N) is 2. The average molecular weight is 329 g/mol. The number of thiophene rings is 1. The third-order valence-electron chi connectivity index (χ3n) is 3.68. The summed E-state index contributed by atoms with van der Waals surface area (Å²) in [6.07, 6.45) is 3.40. The summed E-state index contributed by atoms with van der Waals surface area (Å²) in [6.45, 7) is 1.88. The van der Waals surface area contributed by atoms with Crippen LogP contribution in [-0.4, -0.2) is 15.5 Å². The Morgan fingerprint density at radius 2 is 2.13 bits per heavy atom. The van der Waals surface area contributed by atoms with Crippen LogP contribution in [0.4, 0.5) is 4.39 Å². The van der Waals surface area contributed by atoms with Crippen LogP contribution in [0.3, 0.4) is 0 Å². The molecule has 0 spiro atoms. The van der Waals surface area contributed by atoms with Gasteiger partial charge in [0, 0.05) is 25.0 Å². The monoisotopic (exact) mass is 329 g/mol. The van der Waals surface area contributed by atoms with Gasteiger partial charge in [-0.15, -0.1) is 11.3 Å². The van der Waals surface area contributed by atoms with Gasteiger partial charge in [-0.25, -0.2) is 9.37 Å². The van der Waals surface area contributed by atoms with Gasteiger partial charge in [0.15, 0.2) is 0 Å². The van der Waals surface area contributed by atoms with Crippen LogP contribution in [0, 0.1) is 12.7 Å². The number of hydrogen-bond acceptors (Lipinski definition) is 3. The van der Waals surface area contributed by atoms with Gasteiger partial charge < -0.3 is 9.88 Å². The van der Waals surface area contributed by atoms with Crippen LogP contribution in [0.1, 0.15) is 32.7 Å². The largest absolute Gasteiger partial charge is 0.337 e. The standard InChI is InChI=1S/C17H16FN3OS/c1-11-7-10-23-15(11)17(22)20-14(16-19-8-9-21(16)2)12-5-3-4-6-13(12)18/h3-10,14H,1-2H3,(H,20,22). The minimum Gasteiger partial charge on any atom is -0.337 e. The molecule has 0 saturated carbocycles. The van der Waals surface area contributed by atoms with E-state index in [1.54, 1.807) is 35.2 Å². The number of carbonyl (C=O) groups is 1. The molecule has 0 bridgehead atoms. The van der Waals surface area contributed by atoms with E-state index < -0.39 is 6.04 Å². The molecule has 1 aromatic carbocycles. The molecule has 1 N–H and O–H groups in total. The van der Waals surface area contributed by atoms with Gasteiger partial charge in [0.25, 0.3) is 5.91 Å². The molecule has 6 heteroatoms. The van der Waals surface area contributed by atoms with Gasteiger partial charge >= 0.3 is 0 Å². The second-order valence-corrected chi connectivity index (χ2v) is 6.17. The van der Waals surface area contributed by atoms with Crippen molar-refractivity contribution < 1.29 is 9.18 Å². The fourth-order valence-electron chi connectivity index (χ4n) is 2.45. The first kappa shape index (κ1) is 15.4. The van der Waals surface area contributed by atoms with Gasteiger partial charge in [0.2, 0.25) is 0 Å². The maximum atomic E-state index is 14.2. The van der Waals surface area contributed by atoms with Crippen molar-refractivity contribution in [3.63, 3.8) is 0 Å². The van der Waals surface area contributed by atoms with Crippen LogP contribution in [-0.2, 0) is 7.05 Å². The number of amides is 1. The zero-order valence-electron chi connectivity index (χ0n) is 12.8. The molecule has 1 atom stereocenters. The Morgan fingerprint density at radius 1 is 1.35 bits per heavy atom. The number of benzene rings is 1. The van der Waals surface area contributed by atoms with E-state index in [-0.39, 0.29) is 11.7 Å². The number of aromatic nitrogens is 2. The topological polar surface area (TPSA) is 46.9 Å². The summed E-state index contributed by atoms with van der Waals surface area (Å²) in [5.74, 6) is -0.0184. The molecule has 1 unspecified atom stereocenters.